The number of rotatable bonds is 2. The lowest BCUT2D eigenvalue weighted by atomic mass is 10.1. The highest BCUT2D eigenvalue weighted by Crippen LogP contribution is 2.21. The summed E-state index contributed by atoms with van der Waals surface area (Å²) in [5.41, 5.74) is 3.78. The van der Waals surface area contributed by atoms with E-state index < -0.39 is 0 Å². The van der Waals surface area contributed by atoms with Crippen molar-refractivity contribution in [3.8, 4) is 0 Å². The van der Waals surface area contributed by atoms with Gasteiger partial charge in [0, 0.05) is 23.3 Å². The molecule has 3 aromatic rings. The number of aryl methyl sites for hydroxylation is 1. The molecule has 0 amide bonds. The molecular formula is C16H14ClN. The highest BCUT2D eigenvalue weighted by Gasteiger charge is 2.02. The second kappa shape index (κ2) is 4.51. The maximum atomic E-state index is 6.06. The third-order valence-electron chi connectivity index (χ3n) is 3.21. The van der Waals surface area contributed by atoms with Crippen molar-refractivity contribution < 1.29 is 0 Å². The average molecular weight is 256 g/mol. The van der Waals surface area contributed by atoms with Crippen molar-refractivity contribution in [2.75, 3.05) is 0 Å². The highest BCUT2D eigenvalue weighted by molar-refractivity contribution is 6.31. The summed E-state index contributed by atoms with van der Waals surface area (Å²) in [4.78, 5) is 0. The van der Waals surface area contributed by atoms with Crippen molar-refractivity contribution in [2.24, 2.45) is 0 Å². The first-order chi connectivity index (χ1) is 8.72. The van der Waals surface area contributed by atoms with Crippen LogP contribution in [0, 0.1) is 6.92 Å². The Morgan fingerprint density at radius 3 is 2.56 bits per heavy atom. The zero-order valence-electron chi connectivity index (χ0n) is 10.2. The van der Waals surface area contributed by atoms with Gasteiger partial charge in [-0.3, -0.25) is 0 Å². The molecule has 2 aromatic carbocycles. The molecule has 90 valence electrons. The summed E-state index contributed by atoms with van der Waals surface area (Å²) < 4.78 is 2.23. The van der Waals surface area contributed by atoms with Crippen molar-refractivity contribution in [3.63, 3.8) is 0 Å². The van der Waals surface area contributed by atoms with Gasteiger partial charge >= 0.3 is 0 Å². The molecule has 3 rings (SSSR count). The SMILES string of the molecule is Cc1ccc(Cn2ccc3ccc(Cl)cc32)cc1. The van der Waals surface area contributed by atoms with Crippen molar-refractivity contribution >= 4 is 22.5 Å². The third kappa shape index (κ3) is 2.14. The summed E-state index contributed by atoms with van der Waals surface area (Å²) in [6.45, 7) is 2.98. The molecule has 0 saturated carbocycles. The normalized spacial score (nSPS) is 11.0. The van der Waals surface area contributed by atoms with Gasteiger partial charge in [0.2, 0.25) is 0 Å². The maximum Gasteiger partial charge on any atom is 0.0498 e. The van der Waals surface area contributed by atoms with Crippen LogP contribution in [0.25, 0.3) is 10.9 Å². The van der Waals surface area contributed by atoms with E-state index in [0.29, 0.717) is 0 Å². The summed E-state index contributed by atoms with van der Waals surface area (Å²) in [5, 5.41) is 2.01. The predicted molar refractivity (Wildman–Crippen MR) is 77.2 cm³/mol. The van der Waals surface area contributed by atoms with E-state index in [1.54, 1.807) is 0 Å². The van der Waals surface area contributed by atoms with E-state index >= 15 is 0 Å². The van der Waals surface area contributed by atoms with Crippen LogP contribution in [0.4, 0.5) is 0 Å². The van der Waals surface area contributed by atoms with Crippen molar-refractivity contribution in [1.82, 2.24) is 4.57 Å². The van der Waals surface area contributed by atoms with Crippen LogP contribution in [0.5, 0.6) is 0 Å². The molecule has 0 N–H and O–H groups in total. The Kier molecular flexibility index (Phi) is 2.85. The maximum absolute atomic E-state index is 6.06. The number of fused-ring (bicyclic) bond motifs is 1. The fraction of sp³-hybridized carbons (Fsp3) is 0.125. The molecule has 0 saturated heterocycles. The van der Waals surface area contributed by atoms with Crippen LogP contribution in [0.3, 0.4) is 0 Å². The first kappa shape index (κ1) is 11.4. The van der Waals surface area contributed by atoms with Crippen molar-refractivity contribution in [2.45, 2.75) is 13.5 Å². The van der Waals surface area contributed by atoms with Crippen LogP contribution >= 0.6 is 11.6 Å². The lowest BCUT2D eigenvalue weighted by Gasteiger charge is -2.06. The fourth-order valence-corrected chi connectivity index (χ4v) is 2.35. The van der Waals surface area contributed by atoms with E-state index in [-0.39, 0.29) is 0 Å². The minimum Gasteiger partial charge on any atom is -0.343 e. The number of nitrogens with zero attached hydrogens (tertiary/aromatic N) is 1. The molecule has 1 nitrogen and oxygen atoms in total. The number of benzene rings is 2. The minimum atomic E-state index is 0.784. The van der Waals surface area contributed by atoms with Gasteiger partial charge in [0.05, 0.1) is 0 Å². The molecule has 0 bridgehead atoms. The van der Waals surface area contributed by atoms with E-state index in [0.717, 1.165) is 11.6 Å². The van der Waals surface area contributed by atoms with Crippen LogP contribution < -0.4 is 0 Å². The van der Waals surface area contributed by atoms with Gasteiger partial charge in [-0.2, -0.15) is 0 Å². The number of halogens is 1. The standard InChI is InChI=1S/C16H14ClN/c1-12-2-4-13(5-3-12)11-18-9-8-14-6-7-15(17)10-16(14)18/h2-10H,11H2,1H3. The Morgan fingerprint density at radius 2 is 1.78 bits per heavy atom. The summed E-state index contributed by atoms with van der Waals surface area (Å²) in [5.74, 6) is 0. The first-order valence-electron chi connectivity index (χ1n) is 6.02. The van der Waals surface area contributed by atoms with Crippen LogP contribution in [0.15, 0.2) is 54.7 Å². The van der Waals surface area contributed by atoms with E-state index in [4.69, 9.17) is 11.6 Å². The second-order valence-electron chi connectivity index (χ2n) is 4.63. The van der Waals surface area contributed by atoms with Gasteiger partial charge in [0.25, 0.3) is 0 Å². The molecule has 0 radical (unpaired) electrons. The summed E-state index contributed by atoms with van der Waals surface area (Å²) >= 11 is 6.06. The Bertz CT molecular complexity index is 680. The van der Waals surface area contributed by atoms with Gasteiger partial charge < -0.3 is 4.57 Å². The lowest BCUT2D eigenvalue weighted by molar-refractivity contribution is 0.836. The van der Waals surface area contributed by atoms with Gasteiger partial charge in [-0.25, -0.2) is 0 Å². The van der Waals surface area contributed by atoms with E-state index in [2.05, 4.69) is 54.1 Å². The van der Waals surface area contributed by atoms with E-state index in [1.165, 1.54) is 22.0 Å². The minimum absolute atomic E-state index is 0.784. The smallest absolute Gasteiger partial charge is 0.0498 e. The van der Waals surface area contributed by atoms with E-state index in [9.17, 15) is 0 Å². The van der Waals surface area contributed by atoms with Crippen molar-refractivity contribution in [3.05, 3.63) is 70.9 Å². The lowest BCUT2D eigenvalue weighted by Crippen LogP contribution is -1.97. The van der Waals surface area contributed by atoms with Gasteiger partial charge in [-0.05, 0) is 36.1 Å². The monoisotopic (exact) mass is 255 g/mol. The quantitative estimate of drug-likeness (QED) is 0.628. The Balaban J connectivity index is 1.99. The molecule has 0 fully saturated rings. The Morgan fingerprint density at radius 1 is 1.00 bits per heavy atom. The van der Waals surface area contributed by atoms with Crippen LogP contribution in [-0.2, 0) is 6.54 Å². The summed E-state index contributed by atoms with van der Waals surface area (Å²) in [6, 6.07) is 16.8. The molecule has 0 aliphatic heterocycles. The van der Waals surface area contributed by atoms with Gasteiger partial charge in [-0.1, -0.05) is 47.5 Å². The molecule has 0 aliphatic rings. The summed E-state index contributed by atoms with van der Waals surface area (Å²) in [7, 11) is 0. The molecule has 18 heavy (non-hydrogen) atoms. The van der Waals surface area contributed by atoms with Crippen LogP contribution in [0.2, 0.25) is 5.02 Å². The largest absolute Gasteiger partial charge is 0.343 e. The van der Waals surface area contributed by atoms with E-state index in [1.807, 2.05) is 12.1 Å². The molecule has 0 spiro atoms. The zero-order valence-corrected chi connectivity index (χ0v) is 11.0. The number of hydrogen-bond acceptors (Lipinski definition) is 0. The third-order valence-corrected chi connectivity index (χ3v) is 3.44. The van der Waals surface area contributed by atoms with Gasteiger partial charge in [0.1, 0.15) is 0 Å². The molecule has 2 heteroatoms. The molecule has 0 atom stereocenters. The van der Waals surface area contributed by atoms with Gasteiger partial charge in [0.15, 0.2) is 0 Å². The predicted octanol–water partition coefficient (Wildman–Crippen LogP) is 4.65. The first-order valence-corrected chi connectivity index (χ1v) is 6.40. The molecule has 0 unspecified atom stereocenters. The average Bonchev–Trinajstić information content (AvgIpc) is 2.75. The van der Waals surface area contributed by atoms with Crippen LogP contribution in [0.1, 0.15) is 11.1 Å². The molecule has 0 aliphatic carbocycles. The Hall–Kier alpha value is -1.73. The molecular weight excluding hydrogens is 242 g/mol. The number of aromatic nitrogens is 1. The summed E-state index contributed by atoms with van der Waals surface area (Å²) in [6.07, 6.45) is 2.11. The molecule has 1 heterocycles. The van der Waals surface area contributed by atoms with Crippen LogP contribution in [-0.4, -0.2) is 4.57 Å². The Labute approximate surface area is 112 Å². The highest BCUT2D eigenvalue weighted by atomic mass is 35.5. The zero-order chi connectivity index (χ0) is 12.5. The fourth-order valence-electron chi connectivity index (χ4n) is 2.19. The van der Waals surface area contributed by atoms with Crippen molar-refractivity contribution in [1.29, 1.82) is 0 Å². The topological polar surface area (TPSA) is 4.93 Å². The van der Waals surface area contributed by atoms with Gasteiger partial charge in [-0.15, -0.1) is 0 Å². The molecule has 1 aromatic heterocycles. The second-order valence-corrected chi connectivity index (χ2v) is 5.07. The number of hydrogen-bond donors (Lipinski definition) is 0.